The van der Waals surface area contributed by atoms with E-state index >= 15 is 0 Å². The number of amides is 1. The van der Waals surface area contributed by atoms with Crippen molar-refractivity contribution in [2.45, 2.75) is 6.42 Å². The summed E-state index contributed by atoms with van der Waals surface area (Å²) in [6, 6.07) is 2.58. The zero-order valence-corrected chi connectivity index (χ0v) is 11.9. The monoisotopic (exact) mass is 301 g/mol. The molecule has 0 atom stereocenters. The zero-order valence-electron chi connectivity index (χ0n) is 11.9. The maximum Gasteiger partial charge on any atom is 0.307 e. The molecule has 5 nitrogen and oxygen atoms in total. The van der Waals surface area contributed by atoms with Crippen molar-refractivity contribution in [1.29, 1.82) is 0 Å². The number of hydrogen-bond acceptors (Lipinski definition) is 4. The molecule has 1 aromatic carbocycles. The van der Waals surface area contributed by atoms with Crippen molar-refractivity contribution in [3.8, 4) is 0 Å². The number of esters is 1. The van der Waals surface area contributed by atoms with Gasteiger partial charge in [-0.05, 0) is 12.1 Å². The molecule has 0 saturated heterocycles. The predicted octanol–water partition coefficient (Wildman–Crippen LogP) is 1.62. The Hall–Kier alpha value is -2.02. The highest BCUT2D eigenvalue weighted by Crippen LogP contribution is 2.11. The van der Waals surface area contributed by atoms with Crippen molar-refractivity contribution in [3.63, 3.8) is 0 Å². The summed E-state index contributed by atoms with van der Waals surface area (Å²) in [5, 5.41) is 0. The number of carbonyl (C=O) groups excluding carboxylic acids is 2. The van der Waals surface area contributed by atoms with Gasteiger partial charge in [0.25, 0.3) is 5.91 Å². The quantitative estimate of drug-likeness (QED) is 0.718. The molecule has 116 valence electrons. The number of nitrogens with zero attached hydrogens (tertiary/aromatic N) is 1. The van der Waals surface area contributed by atoms with Gasteiger partial charge < -0.3 is 14.4 Å². The first-order valence-electron chi connectivity index (χ1n) is 6.29. The van der Waals surface area contributed by atoms with Crippen LogP contribution >= 0.6 is 0 Å². The molecule has 0 heterocycles. The fourth-order valence-corrected chi connectivity index (χ4v) is 1.70. The lowest BCUT2D eigenvalue weighted by Gasteiger charge is -2.22. The summed E-state index contributed by atoms with van der Waals surface area (Å²) in [5.41, 5.74) is -0.117. The largest absolute Gasteiger partial charge is 0.469 e. The van der Waals surface area contributed by atoms with Crippen LogP contribution in [0.3, 0.4) is 0 Å². The van der Waals surface area contributed by atoms with Crippen molar-refractivity contribution in [2.75, 3.05) is 33.9 Å². The minimum Gasteiger partial charge on any atom is -0.469 e. The molecule has 0 N–H and O–H groups in total. The van der Waals surface area contributed by atoms with E-state index in [-0.39, 0.29) is 31.7 Å². The van der Waals surface area contributed by atoms with Gasteiger partial charge in [-0.25, -0.2) is 8.78 Å². The van der Waals surface area contributed by atoms with E-state index in [4.69, 9.17) is 4.74 Å². The van der Waals surface area contributed by atoms with Gasteiger partial charge in [0, 0.05) is 31.8 Å². The Labute approximate surface area is 121 Å². The van der Waals surface area contributed by atoms with Crippen LogP contribution in [0.5, 0.6) is 0 Å². The third kappa shape index (κ3) is 5.47. The predicted molar refractivity (Wildman–Crippen MR) is 70.8 cm³/mol. The van der Waals surface area contributed by atoms with Gasteiger partial charge in [0.1, 0.15) is 11.6 Å². The first-order valence-corrected chi connectivity index (χ1v) is 6.29. The molecule has 0 aliphatic heterocycles. The minimum atomic E-state index is -0.835. The molecule has 0 bridgehead atoms. The Balaban J connectivity index is 2.84. The molecule has 0 spiro atoms. The van der Waals surface area contributed by atoms with Crippen molar-refractivity contribution in [2.24, 2.45) is 0 Å². The Morgan fingerprint density at radius 1 is 1.10 bits per heavy atom. The summed E-state index contributed by atoms with van der Waals surface area (Å²) < 4.78 is 35.7. The molecule has 1 aromatic rings. The fourth-order valence-electron chi connectivity index (χ4n) is 1.70. The maximum atomic E-state index is 13.2. The summed E-state index contributed by atoms with van der Waals surface area (Å²) in [7, 11) is 2.70. The van der Waals surface area contributed by atoms with Crippen molar-refractivity contribution < 1.29 is 27.8 Å². The Morgan fingerprint density at radius 3 is 2.24 bits per heavy atom. The normalized spacial score (nSPS) is 10.3. The Bertz CT molecular complexity index is 487. The van der Waals surface area contributed by atoms with Crippen LogP contribution in [0.1, 0.15) is 16.8 Å². The third-order valence-corrected chi connectivity index (χ3v) is 2.78. The highest BCUT2D eigenvalue weighted by atomic mass is 19.1. The molecule has 0 saturated carbocycles. The van der Waals surface area contributed by atoms with Crippen LogP contribution in [0.15, 0.2) is 18.2 Å². The molecule has 0 unspecified atom stereocenters. The van der Waals surface area contributed by atoms with Crippen molar-refractivity contribution in [1.82, 2.24) is 4.90 Å². The molecular weight excluding hydrogens is 284 g/mol. The molecular formula is C14H17F2NO4. The molecule has 7 heteroatoms. The molecule has 0 aromatic heterocycles. The van der Waals surface area contributed by atoms with E-state index in [2.05, 4.69) is 4.74 Å². The smallest absolute Gasteiger partial charge is 0.307 e. The number of ether oxygens (including phenoxy) is 2. The highest BCUT2D eigenvalue weighted by molar-refractivity contribution is 5.94. The van der Waals surface area contributed by atoms with Gasteiger partial charge in [-0.3, -0.25) is 9.59 Å². The second-order valence-electron chi connectivity index (χ2n) is 4.27. The molecule has 0 radical (unpaired) electrons. The second-order valence-corrected chi connectivity index (χ2v) is 4.27. The van der Waals surface area contributed by atoms with E-state index in [0.717, 1.165) is 12.1 Å². The maximum absolute atomic E-state index is 13.2. The zero-order chi connectivity index (χ0) is 15.8. The van der Waals surface area contributed by atoms with Crippen LogP contribution < -0.4 is 0 Å². The molecule has 21 heavy (non-hydrogen) atoms. The first kappa shape index (κ1) is 17.0. The Morgan fingerprint density at radius 2 is 1.71 bits per heavy atom. The number of hydrogen-bond donors (Lipinski definition) is 0. The van der Waals surface area contributed by atoms with Gasteiger partial charge in [-0.1, -0.05) is 0 Å². The summed E-state index contributed by atoms with van der Waals surface area (Å²) in [5.74, 6) is -2.72. The average Bonchev–Trinajstić information content (AvgIpc) is 2.45. The van der Waals surface area contributed by atoms with Gasteiger partial charge in [0.2, 0.25) is 0 Å². The molecule has 0 aliphatic carbocycles. The number of halogens is 2. The first-order chi connectivity index (χ1) is 9.97. The highest BCUT2D eigenvalue weighted by Gasteiger charge is 2.18. The topological polar surface area (TPSA) is 55.8 Å². The number of benzene rings is 1. The van der Waals surface area contributed by atoms with E-state index in [0.29, 0.717) is 6.07 Å². The van der Waals surface area contributed by atoms with Crippen LogP contribution in [-0.4, -0.2) is 50.7 Å². The second kappa shape index (κ2) is 8.31. The lowest BCUT2D eigenvalue weighted by atomic mass is 10.2. The Kier molecular flexibility index (Phi) is 6.74. The summed E-state index contributed by atoms with van der Waals surface area (Å²) in [6.45, 7) is 0.516. The standard InChI is InChI=1S/C14H17F2NO4/c1-20-6-5-17(4-3-13(18)21-2)14(19)10-7-11(15)9-12(16)8-10/h7-9H,3-6H2,1-2H3. The molecule has 0 aliphatic rings. The SMILES string of the molecule is COCCN(CCC(=O)OC)C(=O)c1cc(F)cc(F)c1. The molecule has 0 fully saturated rings. The molecule has 1 rings (SSSR count). The van der Waals surface area contributed by atoms with Gasteiger partial charge in [0.15, 0.2) is 0 Å². The molecule has 1 amide bonds. The van der Waals surface area contributed by atoms with Crippen LogP contribution in [0.2, 0.25) is 0 Å². The van der Waals surface area contributed by atoms with E-state index in [1.165, 1.54) is 19.1 Å². The van der Waals surface area contributed by atoms with Gasteiger partial charge in [-0.15, -0.1) is 0 Å². The number of methoxy groups -OCH3 is 2. The van der Waals surface area contributed by atoms with E-state index < -0.39 is 23.5 Å². The minimum absolute atomic E-state index is 0.0102. The lowest BCUT2D eigenvalue weighted by molar-refractivity contribution is -0.140. The van der Waals surface area contributed by atoms with Crippen LogP contribution in [0.4, 0.5) is 8.78 Å². The van der Waals surface area contributed by atoms with E-state index in [1.807, 2.05) is 0 Å². The van der Waals surface area contributed by atoms with Crippen molar-refractivity contribution >= 4 is 11.9 Å². The summed E-state index contributed by atoms with van der Waals surface area (Å²) >= 11 is 0. The fraction of sp³-hybridized carbons (Fsp3) is 0.429. The summed E-state index contributed by atoms with van der Waals surface area (Å²) in [6.07, 6.45) is -0.0102. The number of rotatable bonds is 7. The van der Waals surface area contributed by atoms with Crippen LogP contribution in [-0.2, 0) is 14.3 Å². The van der Waals surface area contributed by atoms with Crippen LogP contribution in [0, 0.1) is 11.6 Å². The summed E-state index contributed by atoms with van der Waals surface area (Å²) in [4.78, 5) is 24.7. The average molecular weight is 301 g/mol. The van der Waals surface area contributed by atoms with Gasteiger partial charge in [-0.2, -0.15) is 0 Å². The number of carbonyl (C=O) groups is 2. The van der Waals surface area contributed by atoms with Gasteiger partial charge >= 0.3 is 5.97 Å². The third-order valence-electron chi connectivity index (χ3n) is 2.78. The van der Waals surface area contributed by atoms with E-state index in [9.17, 15) is 18.4 Å². The van der Waals surface area contributed by atoms with E-state index in [1.54, 1.807) is 0 Å². The van der Waals surface area contributed by atoms with Crippen LogP contribution in [0.25, 0.3) is 0 Å². The van der Waals surface area contributed by atoms with Crippen molar-refractivity contribution in [3.05, 3.63) is 35.4 Å². The lowest BCUT2D eigenvalue weighted by Crippen LogP contribution is -2.36. The van der Waals surface area contributed by atoms with Gasteiger partial charge in [0.05, 0.1) is 20.1 Å².